The van der Waals surface area contributed by atoms with Crippen LogP contribution in [0.1, 0.15) is 15.9 Å². The van der Waals surface area contributed by atoms with Crippen molar-refractivity contribution in [1.29, 1.82) is 0 Å². The molecular formula is C21H16N4O4. The SMILES string of the molecule is COC(=O)c1cccc(-c2nn(Cc3cc[n+]([O-])cc3)c(=O)c3cccnc23)c1. The van der Waals surface area contributed by atoms with E-state index in [1.165, 1.54) is 24.2 Å². The average Bonchev–Trinajstić information content (AvgIpc) is 2.76. The number of nitrogens with zero attached hydrogens (tertiary/aromatic N) is 4. The van der Waals surface area contributed by atoms with E-state index in [9.17, 15) is 14.8 Å². The lowest BCUT2D eigenvalue weighted by Crippen LogP contribution is -2.27. The molecule has 4 aromatic rings. The van der Waals surface area contributed by atoms with Crippen LogP contribution in [0.15, 0.2) is 71.9 Å². The molecule has 29 heavy (non-hydrogen) atoms. The van der Waals surface area contributed by atoms with Crippen LogP contribution >= 0.6 is 0 Å². The van der Waals surface area contributed by atoms with Crippen LogP contribution in [0.5, 0.6) is 0 Å². The Bertz CT molecular complexity index is 1270. The Morgan fingerprint density at radius 3 is 2.72 bits per heavy atom. The molecule has 1 aromatic carbocycles. The number of ether oxygens (including phenoxy) is 1. The van der Waals surface area contributed by atoms with Crippen molar-refractivity contribution >= 4 is 16.9 Å². The molecule has 144 valence electrons. The van der Waals surface area contributed by atoms with Crippen LogP contribution in [0.4, 0.5) is 0 Å². The Balaban J connectivity index is 1.90. The van der Waals surface area contributed by atoms with Crippen molar-refractivity contribution in [2.24, 2.45) is 0 Å². The fraction of sp³-hybridized carbons (Fsp3) is 0.0952. The molecule has 4 rings (SSSR count). The first-order valence-corrected chi connectivity index (χ1v) is 8.79. The molecule has 8 heteroatoms. The summed E-state index contributed by atoms with van der Waals surface area (Å²) < 4.78 is 6.79. The van der Waals surface area contributed by atoms with Gasteiger partial charge in [0, 0.05) is 23.9 Å². The van der Waals surface area contributed by atoms with Crippen LogP contribution in [0.3, 0.4) is 0 Å². The third kappa shape index (κ3) is 3.55. The van der Waals surface area contributed by atoms with E-state index in [1.54, 1.807) is 54.7 Å². The molecule has 0 aliphatic rings. The van der Waals surface area contributed by atoms with E-state index in [-0.39, 0.29) is 12.1 Å². The summed E-state index contributed by atoms with van der Waals surface area (Å²) in [6.07, 6.45) is 4.32. The fourth-order valence-corrected chi connectivity index (χ4v) is 3.05. The van der Waals surface area contributed by atoms with Crippen LogP contribution in [0.25, 0.3) is 22.2 Å². The lowest BCUT2D eigenvalue weighted by Gasteiger charge is -2.11. The molecule has 0 saturated carbocycles. The van der Waals surface area contributed by atoms with Gasteiger partial charge in [0.15, 0.2) is 12.4 Å². The predicted octanol–water partition coefficient (Wildman–Crippen LogP) is 1.93. The molecule has 3 aromatic heterocycles. The second kappa shape index (κ2) is 7.51. The van der Waals surface area contributed by atoms with Crippen LogP contribution in [0, 0.1) is 5.21 Å². The lowest BCUT2D eigenvalue weighted by atomic mass is 10.1. The highest BCUT2D eigenvalue weighted by molar-refractivity contribution is 5.94. The standard InChI is InChI=1S/C21H16N4O4/c1-29-21(27)16-5-2-4-15(12-16)18-19-17(6-3-9-22-19)20(26)25(23-18)13-14-7-10-24(28)11-8-14/h2-12H,13H2,1H3. The van der Waals surface area contributed by atoms with Crippen molar-refractivity contribution in [3.8, 4) is 11.3 Å². The molecule has 8 nitrogen and oxygen atoms in total. The number of carbonyl (C=O) groups is 1. The number of fused-ring (bicyclic) bond motifs is 1. The molecule has 0 fully saturated rings. The van der Waals surface area contributed by atoms with Crippen molar-refractivity contribution in [2.75, 3.05) is 7.11 Å². The third-order valence-electron chi connectivity index (χ3n) is 4.48. The maximum atomic E-state index is 12.9. The highest BCUT2D eigenvalue weighted by Gasteiger charge is 2.15. The number of carbonyl (C=O) groups excluding carboxylic acids is 1. The van der Waals surface area contributed by atoms with E-state index >= 15 is 0 Å². The van der Waals surface area contributed by atoms with Crippen LogP contribution in [-0.2, 0) is 11.3 Å². The first-order chi connectivity index (χ1) is 14.1. The van der Waals surface area contributed by atoms with E-state index in [4.69, 9.17) is 4.74 Å². The predicted molar refractivity (Wildman–Crippen MR) is 105 cm³/mol. The molecule has 0 saturated heterocycles. The summed E-state index contributed by atoms with van der Waals surface area (Å²) in [5.74, 6) is -0.465. The van der Waals surface area contributed by atoms with Gasteiger partial charge in [-0.15, -0.1) is 0 Å². The summed E-state index contributed by atoms with van der Waals surface area (Å²) in [7, 11) is 1.32. The van der Waals surface area contributed by atoms with Gasteiger partial charge in [0.1, 0.15) is 11.2 Å². The minimum Gasteiger partial charge on any atom is -0.619 e. The molecule has 0 amide bonds. The van der Waals surface area contributed by atoms with Crippen LogP contribution < -0.4 is 10.3 Å². The Morgan fingerprint density at radius 2 is 1.97 bits per heavy atom. The van der Waals surface area contributed by atoms with Crippen LogP contribution in [0.2, 0.25) is 0 Å². The number of methoxy groups -OCH3 is 1. The van der Waals surface area contributed by atoms with E-state index in [0.29, 0.717) is 32.5 Å². The zero-order valence-corrected chi connectivity index (χ0v) is 15.5. The van der Waals surface area contributed by atoms with Gasteiger partial charge < -0.3 is 9.94 Å². The monoisotopic (exact) mass is 388 g/mol. The number of esters is 1. The summed E-state index contributed by atoms with van der Waals surface area (Å²) in [6.45, 7) is 0.189. The summed E-state index contributed by atoms with van der Waals surface area (Å²) in [4.78, 5) is 29.2. The van der Waals surface area contributed by atoms with Crippen LogP contribution in [-0.4, -0.2) is 27.8 Å². The maximum Gasteiger partial charge on any atom is 0.337 e. The molecule has 0 spiro atoms. The zero-order valence-electron chi connectivity index (χ0n) is 15.5. The summed E-state index contributed by atoms with van der Waals surface area (Å²) in [6, 6.07) is 13.4. The summed E-state index contributed by atoms with van der Waals surface area (Å²) >= 11 is 0. The van der Waals surface area contributed by atoms with E-state index in [0.717, 1.165) is 5.56 Å². The molecular weight excluding hydrogens is 372 g/mol. The largest absolute Gasteiger partial charge is 0.619 e. The van der Waals surface area contributed by atoms with Crippen molar-refractivity contribution in [3.63, 3.8) is 0 Å². The van der Waals surface area contributed by atoms with Crippen molar-refractivity contribution < 1.29 is 14.3 Å². The quantitative estimate of drug-likeness (QED) is 0.301. The van der Waals surface area contributed by atoms with Gasteiger partial charge in [-0.1, -0.05) is 12.1 Å². The molecule has 0 radical (unpaired) electrons. The van der Waals surface area contributed by atoms with Crippen molar-refractivity contribution in [2.45, 2.75) is 6.54 Å². The first kappa shape index (κ1) is 18.3. The number of hydrogen-bond acceptors (Lipinski definition) is 6. The molecule has 3 heterocycles. The zero-order chi connectivity index (χ0) is 20.4. The first-order valence-electron chi connectivity index (χ1n) is 8.79. The van der Waals surface area contributed by atoms with Gasteiger partial charge in [-0.05, 0) is 29.8 Å². The van der Waals surface area contributed by atoms with Gasteiger partial charge in [-0.25, -0.2) is 9.48 Å². The Hall–Kier alpha value is -4.07. The highest BCUT2D eigenvalue weighted by atomic mass is 16.5. The molecule has 0 unspecified atom stereocenters. The minimum absolute atomic E-state index is 0.189. The van der Waals surface area contributed by atoms with Gasteiger partial charge in [0.05, 0.1) is 24.6 Å². The second-order valence-electron chi connectivity index (χ2n) is 6.35. The minimum atomic E-state index is -0.465. The third-order valence-corrected chi connectivity index (χ3v) is 4.48. The number of benzene rings is 1. The average molecular weight is 388 g/mol. The van der Waals surface area contributed by atoms with E-state index < -0.39 is 5.97 Å². The topological polar surface area (TPSA) is 101 Å². The second-order valence-corrected chi connectivity index (χ2v) is 6.35. The normalized spacial score (nSPS) is 10.8. The molecule has 0 bridgehead atoms. The summed E-state index contributed by atoms with van der Waals surface area (Å²) in [5, 5.41) is 16.2. The van der Waals surface area contributed by atoms with Gasteiger partial charge in [-0.2, -0.15) is 9.83 Å². The summed E-state index contributed by atoms with van der Waals surface area (Å²) in [5.41, 5.74) is 2.39. The Morgan fingerprint density at radius 1 is 1.17 bits per heavy atom. The van der Waals surface area contributed by atoms with Gasteiger partial charge in [0.2, 0.25) is 0 Å². The number of aromatic nitrogens is 4. The lowest BCUT2D eigenvalue weighted by molar-refractivity contribution is -0.605. The molecule has 0 aliphatic carbocycles. The number of hydrogen-bond donors (Lipinski definition) is 0. The van der Waals surface area contributed by atoms with E-state index in [2.05, 4.69) is 10.1 Å². The Labute approximate surface area is 165 Å². The van der Waals surface area contributed by atoms with Gasteiger partial charge >= 0.3 is 5.97 Å². The molecule has 0 aliphatic heterocycles. The van der Waals surface area contributed by atoms with Gasteiger partial charge in [-0.3, -0.25) is 9.78 Å². The molecule has 0 atom stereocenters. The number of pyridine rings is 2. The van der Waals surface area contributed by atoms with Gasteiger partial charge in [0.25, 0.3) is 5.56 Å². The van der Waals surface area contributed by atoms with Crippen molar-refractivity contribution in [3.05, 3.63) is 93.8 Å². The number of rotatable bonds is 4. The molecule has 0 N–H and O–H groups in total. The maximum absolute atomic E-state index is 12.9. The highest BCUT2D eigenvalue weighted by Crippen LogP contribution is 2.24. The van der Waals surface area contributed by atoms with E-state index in [1.807, 2.05) is 0 Å². The smallest absolute Gasteiger partial charge is 0.337 e. The van der Waals surface area contributed by atoms with Crippen molar-refractivity contribution in [1.82, 2.24) is 14.8 Å². The fourth-order valence-electron chi connectivity index (χ4n) is 3.05. The Kier molecular flexibility index (Phi) is 4.74.